The van der Waals surface area contributed by atoms with E-state index >= 15 is 0 Å². The van der Waals surface area contributed by atoms with Crippen LogP contribution in [0, 0.1) is 5.41 Å². The van der Waals surface area contributed by atoms with Gasteiger partial charge in [0.25, 0.3) is 0 Å². The van der Waals surface area contributed by atoms with Crippen molar-refractivity contribution in [3.63, 3.8) is 0 Å². The molecule has 1 saturated carbocycles. The second kappa shape index (κ2) is 4.29. The molecule has 1 aliphatic carbocycles. The van der Waals surface area contributed by atoms with Gasteiger partial charge in [0.2, 0.25) is 0 Å². The maximum Gasteiger partial charge on any atom is 0.314 e. The molecule has 0 atom stereocenters. The monoisotopic (exact) mass is 296 g/mol. The summed E-state index contributed by atoms with van der Waals surface area (Å²) in [4.78, 5) is 11.4. The molecule has 1 heterocycles. The smallest absolute Gasteiger partial charge is 0.314 e. The molecule has 2 aliphatic rings. The Kier molecular flexibility index (Phi) is 2.91. The predicted octanol–water partition coefficient (Wildman–Crippen LogP) is 3.25. The number of ether oxygens (including phenoxy) is 2. The zero-order chi connectivity index (χ0) is 14.5. The first kappa shape index (κ1) is 13.6. The minimum Gasteiger partial charge on any atom is -0.489 e. The molecule has 5 heteroatoms. The number of carboxylic acids is 1. The number of hydrogen-bond acceptors (Lipinski definition) is 3. The van der Waals surface area contributed by atoms with Gasteiger partial charge in [-0.3, -0.25) is 4.79 Å². The number of carboxylic acid groups (broad SMARTS) is 1. The van der Waals surface area contributed by atoms with Crippen molar-refractivity contribution in [2.75, 3.05) is 13.2 Å². The highest BCUT2D eigenvalue weighted by Crippen LogP contribution is 2.52. The number of halogens is 1. The first-order valence-electron chi connectivity index (χ1n) is 6.67. The topological polar surface area (TPSA) is 55.8 Å². The maximum absolute atomic E-state index is 11.4. The summed E-state index contributed by atoms with van der Waals surface area (Å²) >= 11 is 6.25. The minimum atomic E-state index is -0.802. The van der Waals surface area contributed by atoms with Crippen LogP contribution in [0.25, 0.3) is 0 Å². The van der Waals surface area contributed by atoms with Crippen LogP contribution in [-0.4, -0.2) is 24.3 Å². The lowest BCUT2D eigenvalue weighted by molar-refractivity contribution is -0.140. The first-order valence-corrected chi connectivity index (χ1v) is 7.05. The highest BCUT2D eigenvalue weighted by molar-refractivity contribution is 6.32. The molecular formula is C15H17ClO4. The molecule has 0 bridgehead atoms. The van der Waals surface area contributed by atoms with Gasteiger partial charge in [-0.25, -0.2) is 0 Å². The van der Waals surface area contributed by atoms with Gasteiger partial charge in [0.15, 0.2) is 11.5 Å². The van der Waals surface area contributed by atoms with E-state index in [0.29, 0.717) is 48.1 Å². The van der Waals surface area contributed by atoms with E-state index in [1.807, 2.05) is 13.8 Å². The molecule has 0 saturated heterocycles. The summed E-state index contributed by atoms with van der Waals surface area (Å²) in [6, 6.07) is 3.47. The molecule has 1 fully saturated rings. The number of fused-ring (bicyclic) bond motifs is 1. The van der Waals surface area contributed by atoms with E-state index < -0.39 is 11.4 Å². The van der Waals surface area contributed by atoms with Crippen LogP contribution in [0.1, 0.15) is 32.3 Å². The van der Waals surface area contributed by atoms with Gasteiger partial charge in [0.05, 0.1) is 23.7 Å². The molecule has 0 spiro atoms. The molecule has 0 aromatic heterocycles. The van der Waals surface area contributed by atoms with E-state index in [4.69, 9.17) is 21.1 Å². The molecule has 20 heavy (non-hydrogen) atoms. The maximum atomic E-state index is 11.4. The SMILES string of the molecule is CC1(C)COc2cc(C3(C(=O)O)CC3)cc(Cl)c2OC1. The molecule has 1 N–H and O–H groups in total. The Morgan fingerprint density at radius 1 is 1.25 bits per heavy atom. The molecule has 0 unspecified atom stereocenters. The van der Waals surface area contributed by atoms with Gasteiger partial charge >= 0.3 is 5.97 Å². The third-order valence-electron chi connectivity index (χ3n) is 3.95. The van der Waals surface area contributed by atoms with Crippen LogP contribution in [0.2, 0.25) is 5.02 Å². The third kappa shape index (κ3) is 2.12. The summed E-state index contributed by atoms with van der Waals surface area (Å²) in [5.41, 5.74) is -0.187. The predicted molar refractivity (Wildman–Crippen MR) is 74.8 cm³/mol. The molecule has 1 aromatic carbocycles. The Bertz CT molecular complexity index is 575. The van der Waals surface area contributed by atoms with E-state index in [1.165, 1.54) is 0 Å². The van der Waals surface area contributed by atoms with Crippen molar-refractivity contribution in [2.45, 2.75) is 32.1 Å². The van der Waals surface area contributed by atoms with Gasteiger partial charge in [-0.05, 0) is 30.5 Å². The second-order valence-electron chi connectivity index (χ2n) is 6.41. The van der Waals surface area contributed by atoms with E-state index in [0.717, 1.165) is 0 Å². The number of benzene rings is 1. The van der Waals surface area contributed by atoms with E-state index in [-0.39, 0.29) is 5.41 Å². The number of carbonyl (C=O) groups is 1. The van der Waals surface area contributed by atoms with Crippen LogP contribution in [0.5, 0.6) is 11.5 Å². The summed E-state index contributed by atoms with van der Waals surface area (Å²) in [7, 11) is 0. The quantitative estimate of drug-likeness (QED) is 0.910. The average molecular weight is 297 g/mol. The Balaban J connectivity index is 2.02. The molecule has 1 aliphatic heterocycles. The largest absolute Gasteiger partial charge is 0.489 e. The average Bonchev–Trinajstić information content (AvgIpc) is 3.15. The number of hydrogen-bond donors (Lipinski definition) is 1. The first-order chi connectivity index (χ1) is 9.34. The third-order valence-corrected chi connectivity index (χ3v) is 4.23. The van der Waals surface area contributed by atoms with Crippen LogP contribution < -0.4 is 9.47 Å². The van der Waals surface area contributed by atoms with E-state index in [9.17, 15) is 9.90 Å². The van der Waals surface area contributed by atoms with E-state index in [2.05, 4.69) is 0 Å². The minimum absolute atomic E-state index is 0.105. The Morgan fingerprint density at radius 2 is 1.90 bits per heavy atom. The fourth-order valence-electron chi connectivity index (χ4n) is 2.43. The summed E-state index contributed by atoms with van der Waals surface area (Å²) in [6.45, 7) is 5.13. The van der Waals surface area contributed by atoms with Crippen molar-refractivity contribution in [3.05, 3.63) is 22.7 Å². The highest BCUT2D eigenvalue weighted by Gasteiger charge is 2.52. The van der Waals surface area contributed by atoms with Gasteiger partial charge in [0, 0.05) is 5.41 Å². The number of rotatable bonds is 2. The number of aliphatic carboxylic acids is 1. The molecule has 0 radical (unpaired) electrons. The Labute approximate surface area is 122 Å². The lowest BCUT2D eigenvalue weighted by Gasteiger charge is -2.19. The zero-order valence-corrected chi connectivity index (χ0v) is 12.3. The lowest BCUT2D eigenvalue weighted by atomic mass is 9.96. The van der Waals surface area contributed by atoms with Crippen molar-refractivity contribution in [2.24, 2.45) is 5.41 Å². The molecule has 4 nitrogen and oxygen atoms in total. The Morgan fingerprint density at radius 3 is 2.50 bits per heavy atom. The van der Waals surface area contributed by atoms with Crippen LogP contribution in [0.4, 0.5) is 0 Å². The van der Waals surface area contributed by atoms with Gasteiger partial charge < -0.3 is 14.6 Å². The molecule has 1 aromatic rings. The van der Waals surface area contributed by atoms with Crippen LogP contribution >= 0.6 is 11.6 Å². The van der Waals surface area contributed by atoms with Crippen molar-refractivity contribution in [1.82, 2.24) is 0 Å². The molecule has 0 amide bonds. The Hall–Kier alpha value is -1.42. The fourth-order valence-corrected chi connectivity index (χ4v) is 2.69. The van der Waals surface area contributed by atoms with Gasteiger partial charge in [-0.1, -0.05) is 25.4 Å². The standard InChI is InChI=1S/C15H17ClO4/c1-14(2)7-19-11-6-9(15(3-4-15)13(17)18)5-10(16)12(11)20-8-14/h5-6H,3-4,7-8H2,1-2H3,(H,17,18). The molecular weight excluding hydrogens is 280 g/mol. The van der Waals surface area contributed by atoms with Crippen molar-refractivity contribution in [3.8, 4) is 11.5 Å². The lowest BCUT2D eigenvalue weighted by Crippen LogP contribution is -2.26. The molecule has 108 valence electrons. The van der Waals surface area contributed by atoms with Crippen LogP contribution in [0.3, 0.4) is 0 Å². The van der Waals surface area contributed by atoms with Crippen molar-refractivity contribution in [1.29, 1.82) is 0 Å². The van der Waals surface area contributed by atoms with Gasteiger partial charge in [-0.2, -0.15) is 0 Å². The highest BCUT2D eigenvalue weighted by atomic mass is 35.5. The van der Waals surface area contributed by atoms with Gasteiger partial charge in [0.1, 0.15) is 0 Å². The summed E-state index contributed by atoms with van der Waals surface area (Å²) in [6.07, 6.45) is 1.29. The normalized spacial score (nSPS) is 21.9. The van der Waals surface area contributed by atoms with Crippen molar-refractivity contribution >= 4 is 17.6 Å². The molecule has 3 rings (SSSR count). The zero-order valence-electron chi connectivity index (χ0n) is 11.5. The van der Waals surface area contributed by atoms with Crippen LogP contribution in [-0.2, 0) is 10.2 Å². The van der Waals surface area contributed by atoms with Crippen LogP contribution in [0.15, 0.2) is 12.1 Å². The second-order valence-corrected chi connectivity index (χ2v) is 6.82. The van der Waals surface area contributed by atoms with Crippen molar-refractivity contribution < 1.29 is 19.4 Å². The fraction of sp³-hybridized carbons (Fsp3) is 0.533. The summed E-state index contributed by atoms with van der Waals surface area (Å²) < 4.78 is 11.5. The summed E-state index contributed by atoms with van der Waals surface area (Å²) in [5, 5.41) is 9.79. The van der Waals surface area contributed by atoms with E-state index in [1.54, 1.807) is 12.1 Å². The van der Waals surface area contributed by atoms with Gasteiger partial charge in [-0.15, -0.1) is 0 Å². The summed E-state index contributed by atoms with van der Waals surface area (Å²) in [5.74, 6) is 0.260.